The zero-order valence-electron chi connectivity index (χ0n) is 13.4. The first-order valence-electron chi connectivity index (χ1n) is 7.06. The van der Waals surface area contributed by atoms with Crippen molar-refractivity contribution in [3.63, 3.8) is 0 Å². The molecule has 0 aliphatic carbocycles. The number of halogens is 3. The van der Waals surface area contributed by atoms with E-state index in [4.69, 9.17) is 4.74 Å². The van der Waals surface area contributed by atoms with E-state index in [1.807, 2.05) is 0 Å². The van der Waals surface area contributed by atoms with Crippen molar-refractivity contribution in [1.82, 2.24) is 5.32 Å². The average Bonchev–Trinajstić information content (AvgIpc) is 2.40. The van der Waals surface area contributed by atoms with Gasteiger partial charge in [0.15, 0.2) is 0 Å². The molecule has 0 bridgehead atoms. The molecule has 0 saturated heterocycles. The number of benzene rings is 1. The van der Waals surface area contributed by atoms with Crippen LogP contribution >= 0.6 is 0 Å². The Balaban J connectivity index is 2.64. The lowest BCUT2D eigenvalue weighted by molar-refractivity contribution is -0.274. The van der Waals surface area contributed by atoms with Gasteiger partial charge in [-0.1, -0.05) is 12.1 Å². The predicted molar refractivity (Wildman–Crippen MR) is 78.3 cm³/mol. The second-order valence-corrected chi connectivity index (χ2v) is 6.02. The zero-order valence-corrected chi connectivity index (χ0v) is 13.4. The maximum atomic E-state index is 12.2. The summed E-state index contributed by atoms with van der Waals surface area (Å²) >= 11 is 0. The highest BCUT2D eigenvalue weighted by atomic mass is 19.4. The number of hydrogen-bond acceptors (Lipinski definition) is 5. The molecule has 136 valence electrons. The monoisotopic (exact) mass is 351 g/mol. The van der Waals surface area contributed by atoms with E-state index in [2.05, 4.69) is 10.1 Å². The molecular weight excluding hydrogens is 331 g/mol. The van der Waals surface area contributed by atoms with Crippen LogP contribution in [0.15, 0.2) is 24.3 Å². The summed E-state index contributed by atoms with van der Waals surface area (Å²) in [5.74, 6) is -0.522. The summed E-state index contributed by atoms with van der Waals surface area (Å²) in [6.45, 7) is 4.62. The van der Waals surface area contributed by atoms with Crippen molar-refractivity contribution < 1.29 is 37.7 Å². The van der Waals surface area contributed by atoms with Crippen molar-refractivity contribution in [1.29, 1.82) is 0 Å². The normalized spacial score (nSPS) is 14.7. The molecule has 1 rings (SSSR count). The molecule has 9 heteroatoms. The maximum absolute atomic E-state index is 12.2. The summed E-state index contributed by atoms with van der Waals surface area (Å²) in [4.78, 5) is 11.5. The van der Waals surface area contributed by atoms with Gasteiger partial charge in [0, 0.05) is 6.54 Å². The Morgan fingerprint density at radius 1 is 1.25 bits per heavy atom. The number of aliphatic hydroxyl groups excluding tert-OH is 2. The fourth-order valence-corrected chi connectivity index (χ4v) is 1.73. The van der Waals surface area contributed by atoms with Crippen LogP contribution in [0, 0.1) is 0 Å². The van der Waals surface area contributed by atoms with Crippen molar-refractivity contribution in [2.24, 2.45) is 0 Å². The fourth-order valence-electron chi connectivity index (χ4n) is 1.73. The first kappa shape index (κ1) is 20.0. The smallest absolute Gasteiger partial charge is 0.444 e. The molecule has 24 heavy (non-hydrogen) atoms. The van der Waals surface area contributed by atoms with Gasteiger partial charge in [0.1, 0.15) is 23.6 Å². The molecule has 0 fully saturated rings. The minimum atomic E-state index is -4.86. The van der Waals surface area contributed by atoms with Gasteiger partial charge in [0.05, 0.1) is 0 Å². The molecule has 3 N–H and O–H groups in total. The van der Waals surface area contributed by atoms with Crippen LogP contribution in [-0.2, 0) is 4.74 Å². The molecule has 1 aromatic rings. The second-order valence-electron chi connectivity index (χ2n) is 6.02. The van der Waals surface area contributed by atoms with Gasteiger partial charge >= 0.3 is 12.5 Å². The number of amides is 1. The van der Waals surface area contributed by atoms with Gasteiger partial charge in [-0.05, 0) is 38.5 Å². The number of carbonyl (C=O) groups excluding carboxylic acids is 1. The highest BCUT2D eigenvalue weighted by molar-refractivity contribution is 5.67. The van der Waals surface area contributed by atoms with Crippen LogP contribution in [0.3, 0.4) is 0 Å². The third-order valence-corrected chi connectivity index (χ3v) is 2.65. The fraction of sp³-hybridized carbons (Fsp3) is 0.533. The van der Waals surface area contributed by atoms with Crippen LogP contribution in [0.2, 0.25) is 0 Å². The summed E-state index contributed by atoms with van der Waals surface area (Å²) in [5.41, 5.74) is -0.716. The van der Waals surface area contributed by atoms with Gasteiger partial charge < -0.3 is 25.0 Å². The van der Waals surface area contributed by atoms with Gasteiger partial charge in [-0.15, -0.1) is 13.2 Å². The number of alkyl halides is 3. The molecule has 2 unspecified atom stereocenters. The highest BCUT2D eigenvalue weighted by Crippen LogP contribution is 2.26. The predicted octanol–water partition coefficient (Wildman–Crippen LogP) is 2.50. The lowest BCUT2D eigenvalue weighted by atomic mass is 10.0. The molecule has 0 heterocycles. The number of aliphatic hydroxyl groups is 2. The first-order valence-corrected chi connectivity index (χ1v) is 7.06. The molecule has 0 spiro atoms. The molecule has 0 aromatic heterocycles. The Kier molecular flexibility index (Phi) is 6.44. The Morgan fingerprint density at radius 2 is 1.88 bits per heavy atom. The minimum Gasteiger partial charge on any atom is -0.444 e. The molecular formula is C15H20F3NO5. The number of carbonyl (C=O) groups is 1. The van der Waals surface area contributed by atoms with Crippen LogP contribution in [0.1, 0.15) is 32.4 Å². The van der Waals surface area contributed by atoms with Crippen molar-refractivity contribution in [2.75, 3.05) is 6.54 Å². The van der Waals surface area contributed by atoms with Crippen molar-refractivity contribution in [3.8, 4) is 5.75 Å². The number of rotatable bonds is 5. The molecule has 6 nitrogen and oxygen atoms in total. The topological polar surface area (TPSA) is 88.0 Å². The van der Waals surface area contributed by atoms with E-state index in [-0.39, 0.29) is 12.1 Å². The van der Waals surface area contributed by atoms with E-state index >= 15 is 0 Å². The van der Waals surface area contributed by atoms with E-state index in [1.165, 1.54) is 12.1 Å². The first-order chi connectivity index (χ1) is 10.9. The van der Waals surface area contributed by atoms with Crippen LogP contribution < -0.4 is 10.1 Å². The van der Waals surface area contributed by atoms with Gasteiger partial charge in [-0.2, -0.15) is 0 Å². The Hall–Kier alpha value is -2.00. The van der Waals surface area contributed by atoms with Gasteiger partial charge in [-0.25, -0.2) is 4.79 Å². The average molecular weight is 351 g/mol. The molecule has 1 amide bonds. The molecule has 0 saturated carbocycles. The Morgan fingerprint density at radius 3 is 2.42 bits per heavy atom. The van der Waals surface area contributed by atoms with Crippen LogP contribution in [0.5, 0.6) is 5.75 Å². The number of nitrogens with one attached hydrogen (secondary N) is 1. The second kappa shape index (κ2) is 7.71. The van der Waals surface area contributed by atoms with E-state index in [1.54, 1.807) is 20.8 Å². The van der Waals surface area contributed by atoms with Crippen molar-refractivity contribution >= 4 is 6.09 Å². The maximum Gasteiger partial charge on any atom is 0.573 e. The van der Waals surface area contributed by atoms with Crippen molar-refractivity contribution in [3.05, 3.63) is 29.8 Å². The number of alkyl carbamates (subject to hydrolysis) is 1. The van der Waals surface area contributed by atoms with Crippen LogP contribution in [-0.4, -0.2) is 40.9 Å². The summed E-state index contributed by atoms with van der Waals surface area (Å²) in [5, 5.41) is 22.1. The van der Waals surface area contributed by atoms with Gasteiger partial charge in [-0.3, -0.25) is 0 Å². The lowest BCUT2D eigenvalue weighted by Gasteiger charge is -2.22. The molecule has 0 radical (unpaired) electrons. The lowest BCUT2D eigenvalue weighted by Crippen LogP contribution is -2.38. The molecule has 0 aliphatic rings. The van der Waals surface area contributed by atoms with Crippen molar-refractivity contribution in [2.45, 2.75) is 44.9 Å². The molecule has 2 atom stereocenters. The minimum absolute atomic E-state index is 0.00948. The van der Waals surface area contributed by atoms with E-state index in [0.29, 0.717) is 0 Å². The largest absolute Gasteiger partial charge is 0.573 e. The number of hydrogen-bond donors (Lipinski definition) is 3. The third kappa shape index (κ3) is 7.51. The van der Waals surface area contributed by atoms with Crippen LogP contribution in [0.4, 0.5) is 18.0 Å². The highest BCUT2D eigenvalue weighted by Gasteiger charge is 2.31. The Labute approximate surface area is 137 Å². The summed E-state index contributed by atoms with van der Waals surface area (Å²) in [6.07, 6.45) is -8.61. The molecule has 0 aliphatic heterocycles. The van der Waals surface area contributed by atoms with E-state index in [0.717, 1.165) is 12.1 Å². The van der Waals surface area contributed by atoms with Crippen LogP contribution in [0.25, 0.3) is 0 Å². The third-order valence-electron chi connectivity index (χ3n) is 2.65. The molecule has 1 aromatic carbocycles. The van der Waals surface area contributed by atoms with E-state index < -0.39 is 36.0 Å². The SMILES string of the molecule is CC(C)(C)OC(=O)NCC(O)C(O)c1cccc(OC(F)(F)F)c1. The quantitative estimate of drug-likeness (QED) is 0.759. The number of ether oxygens (including phenoxy) is 2. The Bertz CT molecular complexity index is 557. The van der Waals surface area contributed by atoms with E-state index in [9.17, 15) is 28.2 Å². The summed E-state index contributed by atoms with van der Waals surface area (Å²) < 4.78 is 45.2. The van der Waals surface area contributed by atoms with Gasteiger partial charge in [0.2, 0.25) is 0 Å². The standard InChI is InChI=1S/C15H20F3NO5/c1-14(2,3)24-13(22)19-8-11(20)12(21)9-5-4-6-10(7-9)23-15(16,17)18/h4-7,11-12,20-21H,8H2,1-3H3,(H,19,22). The van der Waals surface area contributed by atoms with Gasteiger partial charge in [0.25, 0.3) is 0 Å². The summed E-state index contributed by atoms with van der Waals surface area (Å²) in [6, 6.07) is 4.59. The zero-order chi connectivity index (χ0) is 18.5. The summed E-state index contributed by atoms with van der Waals surface area (Å²) in [7, 11) is 0.